The molecule has 0 spiro atoms. The fourth-order valence-electron chi connectivity index (χ4n) is 1.74. The van der Waals surface area contributed by atoms with Gasteiger partial charge in [0.15, 0.2) is 0 Å². The minimum atomic E-state index is -0.339. The molecule has 1 unspecified atom stereocenters. The number of rotatable bonds is 4. The molecule has 0 aliphatic heterocycles. The highest BCUT2D eigenvalue weighted by atomic mass is 79.9. The van der Waals surface area contributed by atoms with Crippen LogP contribution in [0.5, 0.6) is 11.5 Å². The van der Waals surface area contributed by atoms with Crippen LogP contribution >= 0.6 is 15.9 Å². The lowest BCUT2D eigenvalue weighted by Gasteiger charge is -2.11. The van der Waals surface area contributed by atoms with Gasteiger partial charge in [-0.1, -0.05) is 35.0 Å². The van der Waals surface area contributed by atoms with E-state index < -0.39 is 0 Å². The maximum atomic E-state index is 13.2. The van der Waals surface area contributed by atoms with Gasteiger partial charge in [-0.2, -0.15) is 0 Å². The summed E-state index contributed by atoms with van der Waals surface area (Å²) in [4.78, 5) is 0. The van der Waals surface area contributed by atoms with Crippen LogP contribution in [-0.4, -0.2) is 0 Å². The number of ether oxygens (including phenoxy) is 1. The summed E-state index contributed by atoms with van der Waals surface area (Å²) in [5, 5.41) is 0. The van der Waals surface area contributed by atoms with Gasteiger partial charge in [-0.05, 0) is 36.2 Å². The highest BCUT2D eigenvalue weighted by Crippen LogP contribution is 2.27. The highest BCUT2D eigenvalue weighted by Gasteiger charge is 2.05. The Labute approximate surface area is 120 Å². The number of hydrogen-bond acceptors (Lipinski definition) is 2. The molecule has 2 rings (SSSR count). The van der Waals surface area contributed by atoms with Crippen molar-refractivity contribution < 1.29 is 9.13 Å². The van der Waals surface area contributed by atoms with Crippen LogP contribution in [0.2, 0.25) is 0 Å². The van der Waals surface area contributed by atoms with E-state index in [-0.39, 0.29) is 11.9 Å². The minimum Gasteiger partial charge on any atom is -0.457 e. The van der Waals surface area contributed by atoms with Gasteiger partial charge in [-0.15, -0.1) is 0 Å². The molecule has 0 saturated heterocycles. The van der Waals surface area contributed by atoms with Crippen molar-refractivity contribution in [1.29, 1.82) is 0 Å². The normalized spacial score (nSPS) is 12.2. The molecule has 0 heterocycles. The topological polar surface area (TPSA) is 35.2 Å². The smallest absolute Gasteiger partial charge is 0.131 e. The zero-order valence-electron chi connectivity index (χ0n) is 10.6. The molecule has 0 aliphatic rings. The van der Waals surface area contributed by atoms with Gasteiger partial charge in [0.2, 0.25) is 0 Å². The summed E-state index contributed by atoms with van der Waals surface area (Å²) >= 11 is 3.23. The molecule has 19 heavy (non-hydrogen) atoms. The van der Waals surface area contributed by atoms with E-state index in [2.05, 4.69) is 15.9 Å². The molecule has 0 aromatic heterocycles. The van der Waals surface area contributed by atoms with E-state index in [4.69, 9.17) is 10.5 Å². The first-order chi connectivity index (χ1) is 9.08. The Balaban J connectivity index is 2.15. The van der Waals surface area contributed by atoms with Crippen molar-refractivity contribution in [1.82, 2.24) is 0 Å². The molecule has 100 valence electrons. The van der Waals surface area contributed by atoms with Gasteiger partial charge in [0, 0.05) is 16.6 Å². The second-order valence-electron chi connectivity index (χ2n) is 4.29. The van der Waals surface area contributed by atoms with Gasteiger partial charge in [-0.25, -0.2) is 4.39 Å². The maximum Gasteiger partial charge on any atom is 0.131 e. The van der Waals surface area contributed by atoms with E-state index in [1.165, 1.54) is 12.1 Å². The molecule has 2 aromatic carbocycles. The average molecular weight is 324 g/mol. The molecule has 2 N–H and O–H groups in total. The van der Waals surface area contributed by atoms with Gasteiger partial charge in [0.1, 0.15) is 17.3 Å². The second kappa shape index (κ2) is 6.17. The van der Waals surface area contributed by atoms with Gasteiger partial charge < -0.3 is 10.5 Å². The lowest BCUT2D eigenvalue weighted by atomic mass is 10.1. The SMILES string of the molecule is CCC(N)c1ccc(Oc2cc(F)cc(Br)c2)cc1. The van der Waals surface area contributed by atoms with Gasteiger partial charge >= 0.3 is 0 Å². The summed E-state index contributed by atoms with van der Waals surface area (Å²) in [6.45, 7) is 2.04. The molecular formula is C15H15BrFNO. The van der Waals surface area contributed by atoms with Crippen LogP contribution in [0.15, 0.2) is 46.9 Å². The number of hydrogen-bond donors (Lipinski definition) is 1. The van der Waals surface area contributed by atoms with Crippen molar-refractivity contribution in [2.75, 3.05) is 0 Å². The van der Waals surface area contributed by atoms with Gasteiger partial charge in [0.05, 0.1) is 0 Å². The van der Waals surface area contributed by atoms with E-state index in [0.29, 0.717) is 16.0 Å². The van der Waals surface area contributed by atoms with Crippen LogP contribution < -0.4 is 10.5 Å². The Kier molecular flexibility index (Phi) is 4.56. The predicted octanol–water partition coefficient (Wildman–Crippen LogP) is 4.79. The number of nitrogens with two attached hydrogens (primary N) is 1. The minimum absolute atomic E-state index is 0.0392. The van der Waals surface area contributed by atoms with Crippen LogP contribution in [0.1, 0.15) is 24.9 Å². The number of benzene rings is 2. The first kappa shape index (κ1) is 14.0. The van der Waals surface area contributed by atoms with E-state index in [0.717, 1.165) is 12.0 Å². The van der Waals surface area contributed by atoms with E-state index >= 15 is 0 Å². The summed E-state index contributed by atoms with van der Waals surface area (Å²) in [7, 11) is 0. The Bertz CT molecular complexity index is 536. The summed E-state index contributed by atoms with van der Waals surface area (Å²) in [6.07, 6.45) is 0.886. The third-order valence-electron chi connectivity index (χ3n) is 2.82. The van der Waals surface area contributed by atoms with E-state index in [1.54, 1.807) is 6.07 Å². The average Bonchev–Trinajstić information content (AvgIpc) is 2.37. The third kappa shape index (κ3) is 3.78. The molecule has 0 bridgehead atoms. The Morgan fingerprint density at radius 2 is 1.84 bits per heavy atom. The first-order valence-corrected chi connectivity index (χ1v) is 6.87. The highest BCUT2D eigenvalue weighted by molar-refractivity contribution is 9.10. The fraction of sp³-hybridized carbons (Fsp3) is 0.200. The molecule has 0 radical (unpaired) electrons. The zero-order chi connectivity index (χ0) is 13.8. The molecule has 0 aliphatic carbocycles. The Hall–Kier alpha value is -1.39. The van der Waals surface area contributed by atoms with Crippen LogP contribution in [0.4, 0.5) is 4.39 Å². The van der Waals surface area contributed by atoms with Crippen molar-refractivity contribution in [3.8, 4) is 11.5 Å². The van der Waals surface area contributed by atoms with Crippen molar-refractivity contribution in [3.05, 3.63) is 58.3 Å². The van der Waals surface area contributed by atoms with Crippen molar-refractivity contribution >= 4 is 15.9 Å². The lowest BCUT2D eigenvalue weighted by molar-refractivity contribution is 0.476. The quantitative estimate of drug-likeness (QED) is 0.877. The maximum absolute atomic E-state index is 13.2. The number of halogens is 2. The monoisotopic (exact) mass is 323 g/mol. The fourth-order valence-corrected chi connectivity index (χ4v) is 2.19. The van der Waals surface area contributed by atoms with Crippen LogP contribution in [0, 0.1) is 5.82 Å². The van der Waals surface area contributed by atoms with E-state index in [9.17, 15) is 4.39 Å². The van der Waals surface area contributed by atoms with E-state index in [1.807, 2.05) is 31.2 Å². The molecule has 2 aromatic rings. The molecule has 0 amide bonds. The van der Waals surface area contributed by atoms with Crippen LogP contribution in [0.3, 0.4) is 0 Å². The summed E-state index contributed by atoms with van der Waals surface area (Å²) in [5.74, 6) is 0.776. The summed E-state index contributed by atoms with van der Waals surface area (Å²) in [5.41, 5.74) is 7.01. The Morgan fingerprint density at radius 3 is 2.42 bits per heavy atom. The molecule has 0 fully saturated rings. The van der Waals surface area contributed by atoms with Crippen LogP contribution in [0.25, 0.3) is 0 Å². The van der Waals surface area contributed by atoms with Crippen molar-refractivity contribution in [2.24, 2.45) is 5.73 Å². The zero-order valence-corrected chi connectivity index (χ0v) is 12.2. The second-order valence-corrected chi connectivity index (χ2v) is 5.21. The first-order valence-electron chi connectivity index (χ1n) is 6.08. The summed E-state index contributed by atoms with van der Waals surface area (Å²) < 4.78 is 19.5. The van der Waals surface area contributed by atoms with Crippen LogP contribution in [-0.2, 0) is 0 Å². The largest absolute Gasteiger partial charge is 0.457 e. The standard InChI is InChI=1S/C15H15BrFNO/c1-2-15(18)10-3-5-13(6-4-10)19-14-8-11(16)7-12(17)9-14/h3-9,15H,2,18H2,1H3. The molecule has 1 atom stereocenters. The van der Waals surface area contributed by atoms with Crippen molar-refractivity contribution in [3.63, 3.8) is 0 Å². The van der Waals surface area contributed by atoms with Gasteiger partial charge in [-0.3, -0.25) is 0 Å². The molecule has 4 heteroatoms. The molecule has 2 nitrogen and oxygen atoms in total. The third-order valence-corrected chi connectivity index (χ3v) is 3.28. The van der Waals surface area contributed by atoms with Gasteiger partial charge in [0.25, 0.3) is 0 Å². The molecule has 0 saturated carbocycles. The predicted molar refractivity (Wildman–Crippen MR) is 77.8 cm³/mol. The van der Waals surface area contributed by atoms with Crippen molar-refractivity contribution in [2.45, 2.75) is 19.4 Å². The summed E-state index contributed by atoms with van der Waals surface area (Å²) in [6, 6.07) is 12.0. The lowest BCUT2D eigenvalue weighted by Crippen LogP contribution is -2.07. The Morgan fingerprint density at radius 1 is 1.16 bits per heavy atom. The molecular weight excluding hydrogens is 309 g/mol.